The minimum absolute atomic E-state index is 0.647. The SMILES string of the molecule is C[Si](C)(C)c1ccc(CNc2cc(Cl)cc(Cl)c2)cc1. The lowest BCUT2D eigenvalue weighted by Gasteiger charge is -2.17. The van der Waals surface area contributed by atoms with Crippen LogP contribution in [0.1, 0.15) is 5.56 Å². The third kappa shape index (κ3) is 4.27. The van der Waals surface area contributed by atoms with E-state index in [0.29, 0.717) is 10.0 Å². The zero-order chi connectivity index (χ0) is 14.8. The summed E-state index contributed by atoms with van der Waals surface area (Å²) in [7, 11) is -1.21. The van der Waals surface area contributed by atoms with Gasteiger partial charge in [0.2, 0.25) is 0 Å². The van der Waals surface area contributed by atoms with E-state index in [1.165, 1.54) is 10.8 Å². The minimum atomic E-state index is -1.21. The van der Waals surface area contributed by atoms with E-state index in [1.807, 2.05) is 12.1 Å². The Morgan fingerprint density at radius 3 is 1.95 bits per heavy atom. The van der Waals surface area contributed by atoms with Crippen LogP contribution in [0, 0.1) is 0 Å². The number of rotatable bonds is 4. The van der Waals surface area contributed by atoms with E-state index in [-0.39, 0.29) is 0 Å². The molecule has 0 saturated carbocycles. The summed E-state index contributed by atoms with van der Waals surface area (Å²) in [5.41, 5.74) is 2.19. The standard InChI is InChI=1S/C16H19Cl2NSi/c1-20(2,3)16-6-4-12(5-7-16)11-19-15-9-13(17)8-14(18)10-15/h4-10,19H,11H2,1-3H3. The predicted molar refractivity (Wildman–Crippen MR) is 93.2 cm³/mol. The summed E-state index contributed by atoms with van der Waals surface area (Å²) in [6, 6.07) is 14.4. The lowest BCUT2D eigenvalue weighted by Crippen LogP contribution is -2.37. The van der Waals surface area contributed by atoms with Crippen molar-refractivity contribution < 1.29 is 0 Å². The van der Waals surface area contributed by atoms with Crippen molar-refractivity contribution in [2.75, 3.05) is 5.32 Å². The quantitative estimate of drug-likeness (QED) is 0.767. The highest BCUT2D eigenvalue weighted by atomic mass is 35.5. The molecule has 0 spiro atoms. The highest BCUT2D eigenvalue weighted by Gasteiger charge is 2.15. The maximum atomic E-state index is 5.98. The summed E-state index contributed by atoms with van der Waals surface area (Å²) >= 11 is 12.0. The van der Waals surface area contributed by atoms with Gasteiger partial charge in [0.05, 0.1) is 8.07 Å². The van der Waals surface area contributed by atoms with Crippen LogP contribution in [0.4, 0.5) is 5.69 Å². The maximum Gasteiger partial charge on any atom is 0.0775 e. The molecule has 0 unspecified atom stereocenters. The van der Waals surface area contributed by atoms with Gasteiger partial charge >= 0.3 is 0 Å². The zero-order valence-electron chi connectivity index (χ0n) is 12.0. The molecule has 0 aliphatic carbocycles. The van der Waals surface area contributed by atoms with Crippen molar-refractivity contribution in [2.24, 2.45) is 0 Å². The first-order valence-corrected chi connectivity index (χ1v) is 10.9. The largest absolute Gasteiger partial charge is 0.381 e. The van der Waals surface area contributed by atoms with Gasteiger partial charge in [-0.1, -0.05) is 72.3 Å². The number of hydrogen-bond donors (Lipinski definition) is 1. The Hall–Kier alpha value is -0.963. The second kappa shape index (κ2) is 6.21. The Morgan fingerprint density at radius 1 is 0.900 bits per heavy atom. The molecule has 4 heteroatoms. The van der Waals surface area contributed by atoms with Crippen molar-refractivity contribution in [1.82, 2.24) is 0 Å². The molecule has 2 rings (SSSR count). The van der Waals surface area contributed by atoms with Gasteiger partial charge in [0.25, 0.3) is 0 Å². The van der Waals surface area contributed by atoms with Crippen molar-refractivity contribution >= 4 is 42.1 Å². The minimum Gasteiger partial charge on any atom is -0.381 e. The number of halogens is 2. The predicted octanol–water partition coefficient (Wildman–Crippen LogP) is 5.15. The fourth-order valence-corrected chi connectivity index (χ4v) is 3.68. The van der Waals surface area contributed by atoms with Crippen LogP contribution in [0.25, 0.3) is 0 Å². The molecular formula is C16H19Cl2NSi. The molecule has 106 valence electrons. The van der Waals surface area contributed by atoms with Crippen molar-refractivity contribution in [2.45, 2.75) is 26.2 Å². The third-order valence-corrected chi connectivity index (χ3v) is 5.68. The van der Waals surface area contributed by atoms with Gasteiger partial charge in [0, 0.05) is 22.3 Å². The molecule has 2 aromatic rings. The maximum absolute atomic E-state index is 5.98. The van der Waals surface area contributed by atoms with Gasteiger partial charge in [-0.05, 0) is 23.8 Å². The lowest BCUT2D eigenvalue weighted by atomic mass is 10.2. The van der Waals surface area contributed by atoms with Gasteiger partial charge in [-0.2, -0.15) is 0 Å². The topological polar surface area (TPSA) is 12.0 Å². The van der Waals surface area contributed by atoms with Crippen LogP contribution >= 0.6 is 23.2 Å². The average molecular weight is 324 g/mol. The first-order chi connectivity index (χ1) is 9.34. The van der Waals surface area contributed by atoms with Crippen molar-refractivity contribution in [3.8, 4) is 0 Å². The normalized spacial score (nSPS) is 11.4. The van der Waals surface area contributed by atoms with Gasteiger partial charge in [0.15, 0.2) is 0 Å². The number of anilines is 1. The second-order valence-corrected chi connectivity index (χ2v) is 11.9. The van der Waals surface area contributed by atoms with Crippen LogP contribution in [-0.2, 0) is 6.54 Å². The van der Waals surface area contributed by atoms with Gasteiger partial charge in [-0.25, -0.2) is 0 Å². The molecule has 0 aliphatic rings. The smallest absolute Gasteiger partial charge is 0.0775 e. The van der Waals surface area contributed by atoms with Crippen LogP contribution in [-0.4, -0.2) is 8.07 Å². The summed E-state index contributed by atoms with van der Waals surface area (Å²) in [6.07, 6.45) is 0. The summed E-state index contributed by atoms with van der Waals surface area (Å²) in [6.45, 7) is 7.83. The third-order valence-electron chi connectivity index (χ3n) is 3.18. The Balaban J connectivity index is 2.04. The van der Waals surface area contributed by atoms with Gasteiger partial charge in [-0.15, -0.1) is 0 Å². The van der Waals surface area contributed by atoms with Crippen molar-refractivity contribution in [3.63, 3.8) is 0 Å². The van der Waals surface area contributed by atoms with E-state index in [1.54, 1.807) is 6.07 Å². The Bertz CT molecular complexity index is 568. The van der Waals surface area contributed by atoms with E-state index in [0.717, 1.165) is 12.2 Å². The first kappa shape index (κ1) is 15.4. The Kier molecular flexibility index (Phi) is 4.79. The molecule has 2 aromatic carbocycles. The molecule has 0 aromatic heterocycles. The lowest BCUT2D eigenvalue weighted by molar-refractivity contribution is 1.15. The highest BCUT2D eigenvalue weighted by molar-refractivity contribution is 6.88. The highest BCUT2D eigenvalue weighted by Crippen LogP contribution is 2.22. The van der Waals surface area contributed by atoms with Crippen LogP contribution in [0.3, 0.4) is 0 Å². The van der Waals surface area contributed by atoms with E-state index < -0.39 is 8.07 Å². The summed E-state index contributed by atoms with van der Waals surface area (Å²) in [4.78, 5) is 0. The molecular weight excluding hydrogens is 305 g/mol. The van der Waals surface area contributed by atoms with Crippen LogP contribution in [0.15, 0.2) is 42.5 Å². The molecule has 20 heavy (non-hydrogen) atoms. The van der Waals surface area contributed by atoms with Gasteiger partial charge in [0.1, 0.15) is 0 Å². The molecule has 0 saturated heterocycles. The number of benzene rings is 2. The summed E-state index contributed by atoms with van der Waals surface area (Å²) in [5, 5.41) is 6.12. The molecule has 1 nitrogen and oxygen atoms in total. The van der Waals surface area contributed by atoms with E-state index in [9.17, 15) is 0 Å². The van der Waals surface area contributed by atoms with Gasteiger partial charge in [-0.3, -0.25) is 0 Å². The number of nitrogens with one attached hydrogen (secondary N) is 1. The fourth-order valence-electron chi connectivity index (χ4n) is 1.98. The van der Waals surface area contributed by atoms with Crippen LogP contribution < -0.4 is 10.5 Å². The monoisotopic (exact) mass is 323 g/mol. The van der Waals surface area contributed by atoms with E-state index in [2.05, 4.69) is 49.2 Å². The first-order valence-electron chi connectivity index (χ1n) is 6.64. The molecule has 0 fully saturated rings. The fraction of sp³-hybridized carbons (Fsp3) is 0.250. The van der Waals surface area contributed by atoms with E-state index in [4.69, 9.17) is 23.2 Å². The van der Waals surface area contributed by atoms with Crippen molar-refractivity contribution in [3.05, 3.63) is 58.1 Å². The van der Waals surface area contributed by atoms with Crippen molar-refractivity contribution in [1.29, 1.82) is 0 Å². The summed E-state index contributed by atoms with van der Waals surface area (Å²) < 4.78 is 0. The van der Waals surface area contributed by atoms with E-state index >= 15 is 0 Å². The molecule has 1 N–H and O–H groups in total. The Labute approximate surface area is 131 Å². The molecule has 0 bridgehead atoms. The second-order valence-electron chi connectivity index (χ2n) is 5.96. The molecule has 0 radical (unpaired) electrons. The molecule has 0 atom stereocenters. The zero-order valence-corrected chi connectivity index (χ0v) is 14.5. The van der Waals surface area contributed by atoms with Crippen LogP contribution in [0.2, 0.25) is 29.7 Å². The molecule has 0 aliphatic heterocycles. The molecule has 0 amide bonds. The molecule has 0 heterocycles. The van der Waals surface area contributed by atoms with Crippen LogP contribution in [0.5, 0.6) is 0 Å². The summed E-state index contributed by atoms with van der Waals surface area (Å²) in [5.74, 6) is 0. The Morgan fingerprint density at radius 2 is 1.45 bits per heavy atom. The average Bonchev–Trinajstić information content (AvgIpc) is 2.35. The number of hydrogen-bond acceptors (Lipinski definition) is 1. The van der Waals surface area contributed by atoms with Gasteiger partial charge < -0.3 is 5.32 Å².